The molecule has 2 rings (SSSR count). The summed E-state index contributed by atoms with van der Waals surface area (Å²) in [6.07, 6.45) is 6.47. The van der Waals surface area contributed by atoms with Gasteiger partial charge in [0.05, 0.1) is 5.75 Å². The first-order valence-corrected chi connectivity index (χ1v) is 8.68. The first-order valence-electron chi connectivity index (χ1n) is 6.88. The molecule has 1 aromatic heterocycles. The van der Waals surface area contributed by atoms with Crippen molar-refractivity contribution < 1.29 is 4.79 Å². The maximum absolute atomic E-state index is 12.4. The second-order valence-electron chi connectivity index (χ2n) is 4.54. The number of amides is 1. The predicted octanol–water partition coefficient (Wildman–Crippen LogP) is 2.98. The molecule has 1 heterocycles. The molecule has 0 bridgehead atoms. The molecule has 5 nitrogen and oxygen atoms in total. The molecule has 20 heavy (non-hydrogen) atoms. The SMILES string of the molecule is CCCN(C(=O)CSc1nnc(NC)s1)C1=CCCC1. The van der Waals surface area contributed by atoms with E-state index in [1.165, 1.54) is 28.8 Å². The normalized spacial score (nSPS) is 14.2. The summed E-state index contributed by atoms with van der Waals surface area (Å²) in [6.45, 7) is 2.91. The summed E-state index contributed by atoms with van der Waals surface area (Å²) in [5.41, 5.74) is 1.20. The van der Waals surface area contributed by atoms with E-state index in [9.17, 15) is 4.79 Å². The van der Waals surface area contributed by atoms with Gasteiger partial charge < -0.3 is 10.2 Å². The number of rotatable bonds is 7. The number of hydrogen-bond acceptors (Lipinski definition) is 6. The third-order valence-corrected chi connectivity index (χ3v) is 5.11. The van der Waals surface area contributed by atoms with Crippen LogP contribution in [0.5, 0.6) is 0 Å². The highest BCUT2D eigenvalue weighted by Crippen LogP contribution is 2.27. The Morgan fingerprint density at radius 1 is 1.55 bits per heavy atom. The highest BCUT2D eigenvalue weighted by Gasteiger charge is 2.20. The molecule has 0 fully saturated rings. The molecule has 7 heteroatoms. The van der Waals surface area contributed by atoms with Gasteiger partial charge in [-0.2, -0.15) is 0 Å². The van der Waals surface area contributed by atoms with Crippen molar-refractivity contribution in [3.8, 4) is 0 Å². The number of aromatic nitrogens is 2. The zero-order valence-corrected chi connectivity index (χ0v) is 13.5. The highest BCUT2D eigenvalue weighted by molar-refractivity contribution is 8.01. The van der Waals surface area contributed by atoms with Crippen LogP contribution in [0.1, 0.15) is 32.6 Å². The second-order valence-corrected chi connectivity index (χ2v) is 6.74. The number of hydrogen-bond donors (Lipinski definition) is 1. The van der Waals surface area contributed by atoms with Crippen LogP contribution in [0.4, 0.5) is 5.13 Å². The van der Waals surface area contributed by atoms with E-state index in [1.54, 1.807) is 0 Å². The van der Waals surface area contributed by atoms with Crippen LogP contribution in [-0.2, 0) is 4.79 Å². The second kappa shape index (κ2) is 7.64. The van der Waals surface area contributed by atoms with Crippen LogP contribution in [-0.4, -0.2) is 40.3 Å². The van der Waals surface area contributed by atoms with E-state index in [4.69, 9.17) is 0 Å². The molecule has 0 spiro atoms. The lowest BCUT2D eigenvalue weighted by atomic mass is 10.3. The fraction of sp³-hybridized carbons (Fsp3) is 0.615. The minimum absolute atomic E-state index is 0.172. The van der Waals surface area contributed by atoms with Crippen molar-refractivity contribution in [3.63, 3.8) is 0 Å². The zero-order valence-electron chi connectivity index (χ0n) is 11.9. The van der Waals surface area contributed by atoms with Gasteiger partial charge >= 0.3 is 0 Å². The van der Waals surface area contributed by atoms with Gasteiger partial charge in [-0.05, 0) is 25.7 Å². The quantitative estimate of drug-likeness (QED) is 0.784. The standard InChI is InChI=1S/C13H20N4OS2/c1-3-8-17(10-6-4-5-7-10)11(18)9-19-13-16-15-12(14-2)20-13/h6H,3-5,7-9H2,1-2H3,(H,14,15). The van der Waals surface area contributed by atoms with Crippen LogP contribution in [0.2, 0.25) is 0 Å². The monoisotopic (exact) mass is 312 g/mol. The lowest BCUT2D eigenvalue weighted by Gasteiger charge is -2.23. The van der Waals surface area contributed by atoms with Crippen molar-refractivity contribution in [3.05, 3.63) is 11.8 Å². The molecule has 1 amide bonds. The predicted molar refractivity (Wildman–Crippen MR) is 84.1 cm³/mol. The minimum atomic E-state index is 0.172. The van der Waals surface area contributed by atoms with Crippen LogP contribution >= 0.6 is 23.1 Å². The summed E-state index contributed by atoms with van der Waals surface area (Å²) in [5, 5.41) is 11.7. The molecule has 0 unspecified atom stereocenters. The van der Waals surface area contributed by atoms with Crippen molar-refractivity contribution in [2.24, 2.45) is 0 Å². The van der Waals surface area contributed by atoms with E-state index < -0.39 is 0 Å². The van der Waals surface area contributed by atoms with Crippen LogP contribution in [0.3, 0.4) is 0 Å². The van der Waals surface area contributed by atoms with Crippen LogP contribution in [0, 0.1) is 0 Å². The Hall–Kier alpha value is -1.08. The summed E-state index contributed by atoms with van der Waals surface area (Å²) >= 11 is 2.94. The number of carbonyl (C=O) groups excluding carboxylic acids is 1. The van der Waals surface area contributed by atoms with Gasteiger partial charge in [-0.25, -0.2) is 0 Å². The van der Waals surface area contributed by atoms with Gasteiger partial charge in [0.1, 0.15) is 0 Å². The van der Waals surface area contributed by atoms with Gasteiger partial charge in [0.25, 0.3) is 0 Å². The van der Waals surface area contributed by atoms with Crippen LogP contribution in [0.15, 0.2) is 16.1 Å². The molecule has 0 saturated heterocycles. The number of nitrogens with zero attached hydrogens (tertiary/aromatic N) is 3. The highest BCUT2D eigenvalue weighted by atomic mass is 32.2. The summed E-state index contributed by atoms with van der Waals surface area (Å²) in [6, 6.07) is 0. The molecule has 1 aromatic rings. The Kier molecular flexibility index (Phi) is 5.85. The average Bonchev–Trinajstić information content (AvgIpc) is 3.13. The third kappa shape index (κ3) is 3.96. The van der Waals surface area contributed by atoms with E-state index in [0.717, 1.165) is 41.7 Å². The number of allylic oxidation sites excluding steroid dienone is 2. The van der Waals surface area contributed by atoms with Gasteiger partial charge in [0.15, 0.2) is 4.34 Å². The molecular formula is C13H20N4OS2. The summed E-state index contributed by atoms with van der Waals surface area (Å²) in [4.78, 5) is 14.3. The fourth-order valence-electron chi connectivity index (χ4n) is 2.12. The van der Waals surface area contributed by atoms with Gasteiger partial charge in [-0.15, -0.1) is 10.2 Å². The van der Waals surface area contributed by atoms with Crippen molar-refractivity contribution >= 4 is 34.1 Å². The van der Waals surface area contributed by atoms with Gasteiger partial charge in [-0.3, -0.25) is 4.79 Å². The summed E-state index contributed by atoms with van der Waals surface area (Å²) in [7, 11) is 1.82. The fourth-order valence-corrected chi connectivity index (χ4v) is 3.70. The van der Waals surface area contributed by atoms with E-state index >= 15 is 0 Å². The van der Waals surface area contributed by atoms with E-state index in [1.807, 2.05) is 11.9 Å². The lowest BCUT2D eigenvalue weighted by molar-refractivity contribution is -0.126. The Labute approximate surface area is 127 Å². The average molecular weight is 312 g/mol. The van der Waals surface area contributed by atoms with Crippen LogP contribution < -0.4 is 5.32 Å². The van der Waals surface area contributed by atoms with E-state index in [2.05, 4.69) is 28.5 Å². The third-order valence-electron chi connectivity index (χ3n) is 3.05. The van der Waals surface area contributed by atoms with E-state index in [0.29, 0.717) is 5.75 Å². The van der Waals surface area contributed by atoms with Crippen molar-refractivity contribution in [2.75, 3.05) is 24.7 Å². The molecule has 110 valence electrons. The lowest BCUT2D eigenvalue weighted by Crippen LogP contribution is -2.32. The van der Waals surface area contributed by atoms with Crippen molar-refractivity contribution in [2.45, 2.75) is 36.9 Å². The van der Waals surface area contributed by atoms with Crippen molar-refractivity contribution in [1.82, 2.24) is 15.1 Å². The Bertz CT molecular complexity index is 486. The number of anilines is 1. The maximum Gasteiger partial charge on any atom is 0.237 e. The first kappa shape index (κ1) is 15.3. The molecule has 0 radical (unpaired) electrons. The first-order chi connectivity index (χ1) is 9.74. The van der Waals surface area contributed by atoms with Crippen molar-refractivity contribution in [1.29, 1.82) is 0 Å². The summed E-state index contributed by atoms with van der Waals surface area (Å²) in [5.74, 6) is 0.599. The Morgan fingerprint density at radius 2 is 2.40 bits per heavy atom. The number of thioether (sulfide) groups is 1. The maximum atomic E-state index is 12.4. The van der Waals surface area contributed by atoms with E-state index in [-0.39, 0.29) is 5.91 Å². The molecule has 0 aliphatic heterocycles. The van der Waals surface area contributed by atoms with Gasteiger partial charge in [0.2, 0.25) is 11.0 Å². The molecule has 0 aromatic carbocycles. The Balaban J connectivity index is 1.91. The number of nitrogens with one attached hydrogen (secondary N) is 1. The number of carbonyl (C=O) groups is 1. The van der Waals surface area contributed by atoms with Gasteiger partial charge in [0, 0.05) is 19.3 Å². The topological polar surface area (TPSA) is 58.1 Å². The minimum Gasteiger partial charge on any atom is -0.363 e. The summed E-state index contributed by atoms with van der Waals surface area (Å²) < 4.78 is 0.833. The Morgan fingerprint density at radius 3 is 3.00 bits per heavy atom. The molecule has 0 atom stereocenters. The zero-order chi connectivity index (χ0) is 14.4. The molecule has 1 aliphatic rings. The molecule has 1 aliphatic carbocycles. The van der Waals surface area contributed by atoms with Gasteiger partial charge in [-0.1, -0.05) is 36.1 Å². The molecule has 0 saturated carbocycles. The van der Waals surface area contributed by atoms with Crippen LogP contribution in [0.25, 0.3) is 0 Å². The largest absolute Gasteiger partial charge is 0.363 e. The molecular weight excluding hydrogens is 292 g/mol. The molecule has 1 N–H and O–H groups in total. The smallest absolute Gasteiger partial charge is 0.237 e.